The molecule has 6 heteroatoms. The Morgan fingerprint density at radius 3 is 2.35 bits per heavy atom. The molecule has 0 unspecified atom stereocenters. The summed E-state index contributed by atoms with van der Waals surface area (Å²) in [5, 5.41) is 3.44. The molecule has 20 heavy (non-hydrogen) atoms. The average molecular weight is 402 g/mol. The van der Waals surface area contributed by atoms with Crippen molar-refractivity contribution in [2.24, 2.45) is 7.05 Å². The zero-order valence-electron chi connectivity index (χ0n) is 12.0. The minimum atomic E-state index is 0.720. The van der Waals surface area contributed by atoms with E-state index < -0.39 is 0 Å². The molecule has 0 bridgehead atoms. The predicted octanol–water partition coefficient (Wildman–Crippen LogP) is 3.93. The monoisotopic (exact) mass is 400 g/mol. The van der Waals surface area contributed by atoms with E-state index in [4.69, 9.17) is 0 Å². The fourth-order valence-corrected chi connectivity index (χ4v) is 3.76. The number of benzene rings is 1. The summed E-state index contributed by atoms with van der Waals surface area (Å²) in [6, 6.07) is 4.20. The van der Waals surface area contributed by atoms with Crippen molar-refractivity contribution in [2.75, 3.05) is 24.3 Å². The normalized spacial score (nSPS) is 10.7. The molecular weight excluding hydrogens is 384 g/mol. The van der Waals surface area contributed by atoms with E-state index in [0.29, 0.717) is 0 Å². The van der Waals surface area contributed by atoms with E-state index in [1.54, 1.807) is 0 Å². The van der Waals surface area contributed by atoms with Crippen LogP contribution in [0.5, 0.6) is 0 Å². The van der Waals surface area contributed by atoms with Crippen LogP contribution < -0.4 is 10.2 Å². The van der Waals surface area contributed by atoms with E-state index in [1.165, 1.54) is 5.56 Å². The molecule has 0 amide bonds. The van der Waals surface area contributed by atoms with Crippen molar-refractivity contribution < 1.29 is 0 Å². The fourth-order valence-electron chi connectivity index (χ4n) is 2.06. The summed E-state index contributed by atoms with van der Waals surface area (Å²) in [7, 11) is 6.01. The van der Waals surface area contributed by atoms with Gasteiger partial charge >= 0.3 is 0 Å². The summed E-state index contributed by atoms with van der Waals surface area (Å²) in [6.07, 6.45) is 1.90. The highest BCUT2D eigenvalue weighted by Crippen LogP contribution is 2.32. The maximum Gasteiger partial charge on any atom is 0.204 e. The molecule has 0 saturated carbocycles. The van der Waals surface area contributed by atoms with Gasteiger partial charge in [-0.15, -0.1) is 0 Å². The first kappa shape index (κ1) is 15.4. The van der Waals surface area contributed by atoms with Crippen LogP contribution in [0.3, 0.4) is 0 Å². The van der Waals surface area contributed by atoms with Gasteiger partial charge in [0.25, 0.3) is 0 Å². The Bertz CT molecular complexity index is 597. The predicted molar refractivity (Wildman–Crippen MR) is 91.4 cm³/mol. The molecule has 1 aromatic heterocycles. The summed E-state index contributed by atoms with van der Waals surface area (Å²) in [5.41, 5.74) is 3.40. The highest BCUT2D eigenvalue weighted by atomic mass is 79.9. The van der Waals surface area contributed by atoms with Crippen molar-refractivity contribution in [2.45, 2.75) is 13.5 Å². The molecule has 4 nitrogen and oxygen atoms in total. The second-order valence-electron chi connectivity index (χ2n) is 4.96. The third-order valence-electron chi connectivity index (χ3n) is 3.09. The van der Waals surface area contributed by atoms with Crippen LogP contribution in [0.25, 0.3) is 0 Å². The van der Waals surface area contributed by atoms with Crippen molar-refractivity contribution in [1.29, 1.82) is 0 Å². The molecule has 0 atom stereocenters. The van der Waals surface area contributed by atoms with Gasteiger partial charge in [0.05, 0.1) is 24.1 Å². The van der Waals surface area contributed by atoms with E-state index >= 15 is 0 Å². The molecule has 1 N–H and O–H groups in total. The minimum Gasteiger partial charge on any atom is -0.378 e. The molecular formula is C14H18Br2N4. The number of hydrogen-bond acceptors (Lipinski definition) is 3. The molecule has 1 heterocycles. The highest BCUT2D eigenvalue weighted by Gasteiger charge is 2.10. The standard InChI is InChI=1S/C14H18Br2N4/c1-9-5-11(15)13(12(16)6-9)17-7-10-8-18-14(19(2)3)20(10)4/h5-6,8,17H,7H2,1-4H3. The number of nitrogens with zero attached hydrogens (tertiary/aromatic N) is 3. The van der Waals surface area contributed by atoms with E-state index in [1.807, 2.05) is 32.2 Å². The maximum absolute atomic E-state index is 4.41. The molecule has 0 spiro atoms. The second-order valence-corrected chi connectivity index (χ2v) is 6.67. The molecule has 2 rings (SSSR count). The molecule has 1 aromatic carbocycles. The topological polar surface area (TPSA) is 33.1 Å². The lowest BCUT2D eigenvalue weighted by Crippen LogP contribution is -2.15. The Morgan fingerprint density at radius 2 is 1.85 bits per heavy atom. The van der Waals surface area contributed by atoms with Crippen molar-refractivity contribution in [3.05, 3.63) is 38.5 Å². The van der Waals surface area contributed by atoms with Gasteiger partial charge in [-0.05, 0) is 56.5 Å². The number of hydrogen-bond donors (Lipinski definition) is 1. The fraction of sp³-hybridized carbons (Fsp3) is 0.357. The number of aryl methyl sites for hydroxylation is 1. The van der Waals surface area contributed by atoms with Crippen LogP contribution in [0.2, 0.25) is 0 Å². The Hall–Kier alpha value is -1.01. The van der Waals surface area contributed by atoms with Crippen LogP contribution in [0.15, 0.2) is 27.3 Å². The molecule has 0 aliphatic heterocycles. The summed E-state index contributed by atoms with van der Waals surface area (Å²) >= 11 is 7.19. The maximum atomic E-state index is 4.41. The van der Waals surface area contributed by atoms with Gasteiger partial charge in [-0.25, -0.2) is 4.98 Å². The van der Waals surface area contributed by atoms with Gasteiger partial charge < -0.3 is 14.8 Å². The van der Waals surface area contributed by atoms with Crippen molar-refractivity contribution >= 4 is 43.5 Å². The molecule has 0 aliphatic rings. The number of anilines is 2. The third kappa shape index (κ3) is 3.17. The van der Waals surface area contributed by atoms with Crippen LogP contribution in [-0.2, 0) is 13.6 Å². The SMILES string of the molecule is Cc1cc(Br)c(NCc2cnc(N(C)C)n2C)c(Br)c1. The Morgan fingerprint density at radius 1 is 1.25 bits per heavy atom. The Kier molecular flexibility index (Phi) is 4.75. The summed E-state index contributed by atoms with van der Waals surface area (Å²) in [6.45, 7) is 2.79. The van der Waals surface area contributed by atoms with Gasteiger partial charge in [0.1, 0.15) is 0 Å². The molecule has 0 saturated heterocycles. The lowest BCUT2D eigenvalue weighted by molar-refractivity contribution is 0.813. The van der Waals surface area contributed by atoms with Crippen molar-refractivity contribution in [3.8, 4) is 0 Å². The Labute approximate surface area is 136 Å². The second kappa shape index (κ2) is 6.18. The number of nitrogens with one attached hydrogen (secondary N) is 1. The van der Waals surface area contributed by atoms with Gasteiger partial charge in [-0.1, -0.05) is 0 Å². The molecule has 2 aromatic rings. The average Bonchev–Trinajstić information content (AvgIpc) is 2.69. The molecule has 0 aliphatic carbocycles. The summed E-state index contributed by atoms with van der Waals surface area (Å²) in [4.78, 5) is 6.41. The number of aromatic nitrogens is 2. The lowest BCUT2D eigenvalue weighted by Gasteiger charge is -2.14. The first-order valence-corrected chi connectivity index (χ1v) is 7.86. The van der Waals surface area contributed by atoms with E-state index in [0.717, 1.165) is 32.8 Å². The van der Waals surface area contributed by atoms with Gasteiger partial charge in [-0.2, -0.15) is 0 Å². The van der Waals surface area contributed by atoms with Crippen LogP contribution in [-0.4, -0.2) is 23.6 Å². The largest absolute Gasteiger partial charge is 0.378 e. The number of rotatable bonds is 4. The van der Waals surface area contributed by atoms with E-state index in [9.17, 15) is 0 Å². The number of imidazole rings is 1. The molecule has 108 valence electrons. The number of halogens is 2. The smallest absolute Gasteiger partial charge is 0.204 e. The van der Waals surface area contributed by atoms with Crippen LogP contribution in [0.1, 0.15) is 11.3 Å². The van der Waals surface area contributed by atoms with Crippen LogP contribution >= 0.6 is 31.9 Å². The van der Waals surface area contributed by atoms with Crippen LogP contribution in [0, 0.1) is 6.92 Å². The highest BCUT2D eigenvalue weighted by molar-refractivity contribution is 9.11. The van der Waals surface area contributed by atoms with E-state index in [-0.39, 0.29) is 0 Å². The van der Waals surface area contributed by atoms with Crippen molar-refractivity contribution in [1.82, 2.24) is 9.55 Å². The lowest BCUT2D eigenvalue weighted by atomic mass is 10.2. The van der Waals surface area contributed by atoms with Gasteiger partial charge in [0.2, 0.25) is 5.95 Å². The van der Waals surface area contributed by atoms with Crippen molar-refractivity contribution in [3.63, 3.8) is 0 Å². The molecule has 0 fully saturated rings. The van der Waals surface area contributed by atoms with Gasteiger partial charge in [-0.3, -0.25) is 0 Å². The first-order chi connectivity index (χ1) is 9.40. The zero-order chi connectivity index (χ0) is 14.9. The van der Waals surface area contributed by atoms with Gasteiger partial charge in [0.15, 0.2) is 0 Å². The van der Waals surface area contributed by atoms with E-state index in [2.05, 4.69) is 65.8 Å². The zero-order valence-corrected chi connectivity index (χ0v) is 15.2. The molecule has 0 radical (unpaired) electrons. The summed E-state index contributed by atoms with van der Waals surface area (Å²) < 4.78 is 4.20. The van der Waals surface area contributed by atoms with Crippen LogP contribution in [0.4, 0.5) is 11.6 Å². The summed E-state index contributed by atoms with van der Waals surface area (Å²) in [5.74, 6) is 0.948. The Balaban J connectivity index is 2.17. The third-order valence-corrected chi connectivity index (χ3v) is 4.34. The minimum absolute atomic E-state index is 0.720. The first-order valence-electron chi connectivity index (χ1n) is 6.27. The quantitative estimate of drug-likeness (QED) is 0.842. The van der Waals surface area contributed by atoms with Gasteiger partial charge in [0, 0.05) is 30.1 Å².